The van der Waals surface area contributed by atoms with Crippen LogP contribution in [0.25, 0.3) is 0 Å². The molecule has 0 bridgehead atoms. The molecule has 0 fully saturated rings. The number of hydrogen-bond acceptors (Lipinski definition) is 2. The summed E-state index contributed by atoms with van der Waals surface area (Å²) in [5, 5.41) is 2.85. The molecule has 1 atom stereocenters. The van der Waals surface area contributed by atoms with Crippen molar-refractivity contribution in [1.82, 2.24) is 5.32 Å². The fourth-order valence-electron chi connectivity index (χ4n) is 2.23. The largest absolute Gasteiger partial charge is 0.441 e. The lowest BCUT2D eigenvalue weighted by Crippen LogP contribution is -2.41. The summed E-state index contributed by atoms with van der Waals surface area (Å²) in [6.07, 6.45) is -0.106. The van der Waals surface area contributed by atoms with Crippen molar-refractivity contribution < 1.29 is 9.53 Å². The fourth-order valence-corrected chi connectivity index (χ4v) is 2.64. The molecule has 0 radical (unpaired) electrons. The van der Waals surface area contributed by atoms with E-state index in [2.05, 4.69) is 21.2 Å². The summed E-state index contributed by atoms with van der Waals surface area (Å²) in [6.45, 7) is 5.79. The van der Waals surface area contributed by atoms with Gasteiger partial charge in [-0.2, -0.15) is 0 Å². The van der Waals surface area contributed by atoms with Crippen LogP contribution < -0.4 is 5.32 Å². The molecule has 1 amide bonds. The topological polar surface area (TPSA) is 38.3 Å². The summed E-state index contributed by atoms with van der Waals surface area (Å²) in [6, 6.07) is 17.9. The number of halogens is 1. The summed E-state index contributed by atoms with van der Waals surface area (Å²) >= 11 is 3.47. The Morgan fingerprint density at radius 1 is 1.13 bits per heavy atom. The Labute approximate surface area is 146 Å². The summed E-state index contributed by atoms with van der Waals surface area (Å²) in [5.41, 5.74) is 1.76. The van der Waals surface area contributed by atoms with E-state index in [0.717, 1.165) is 15.6 Å². The summed E-state index contributed by atoms with van der Waals surface area (Å²) in [7, 11) is 0. The van der Waals surface area contributed by atoms with Gasteiger partial charge in [0.1, 0.15) is 6.10 Å². The van der Waals surface area contributed by atoms with Gasteiger partial charge in [-0.25, -0.2) is 4.79 Å². The van der Waals surface area contributed by atoms with E-state index in [1.165, 1.54) is 0 Å². The van der Waals surface area contributed by atoms with Crippen LogP contribution in [0.15, 0.2) is 59.1 Å². The minimum Gasteiger partial charge on any atom is -0.441 e. The molecule has 23 heavy (non-hydrogen) atoms. The molecule has 2 rings (SSSR count). The first-order chi connectivity index (χ1) is 10.8. The molecule has 4 heteroatoms. The summed E-state index contributed by atoms with van der Waals surface area (Å²) in [5.74, 6) is 0. The Hall–Kier alpha value is -1.81. The Bertz CT molecular complexity index is 650. The molecule has 122 valence electrons. The number of carbonyl (C=O) groups excluding carboxylic acids is 1. The minimum atomic E-state index is -0.404. The Morgan fingerprint density at radius 2 is 1.83 bits per heavy atom. The van der Waals surface area contributed by atoms with Crippen LogP contribution in [0.2, 0.25) is 0 Å². The molecule has 1 N–H and O–H groups in total. The smallest absolute Gasteiger partial charge is 0.408 e. The Morgan fingerprint density at radius 3 is 2.43 bits per heavy atom. The van der Waals surface area contributed by atoms with E-state index in [1.54, 1.807) is 0 Å². The molecule has 0 aliphatic rings. The van der Waals surface area contributed by atoms with E-state index in [4.69, 9.17) is 4.74 Å². The predicted molar refractivity (Wildman–Crippen MR) is 96.4 cm³/mol. The first-order valence-electron chi connectivity index (χ1n) is 7.62. The maximum atomic E-state index is 12.2. The number of hydrogen-bond donors (Lipinski definition) is 1. The Balaban J connectivity index is 2.19. The van der Waals surface area contributed by atoms with Crippen LogP contribution in [0.4, 0.5) is 4.79 Å². The van der Waals surface area contributed by atoms with E-state index in [9.17, 15) is 4.79 Å². The molecular weight excluding hydrogens is 354 g/mol. The average molecular weight is 376 g/mol. The van der Waals surface area contributed by atoms with Crippen LogP contribution in [-0.2, 0) is 11.2 Å². The number of carbonyl (C=O) groups is 1. The lowest BCUT2D eigenvalue weighted by atomic mass is 10.0. The lowest BCUT2D eigenvalue weighted by Gasteiger charge is -2.24. The molecule has 0 aromatic heterocycles. The molecule has 1 unspecified atom stereocenters. The second kappa shape index (κ2) is 7.64. The highest BCUT2D eigenvalue weighted by atomic mass is 79.9. The molecule has 2 aromatic rings. The normalized spacial score (nSPS) is 12.5. The third kappa shape index (κ3) is 6.06. The van der Waals surface area contributed by atoms with Crippen molar-refractivity contribution in [3.8, 4) is 0 Å². The molecule has 0 saturated carbocycles. The lowest BCUT2D eigenvalue weighted by molar-refractivity contribution is 0.0910. The zero-order valence-electron chi connectivity index (χ0n) is 13.7. The molecule has 0 saturated heterocycles. The van der Waals surface area contributed by atoms with Crippen LogP contribution in [0, 0.1) is 0 Å². The number of rotatable bonds is 4. The highest BCUT2D eigenvalue weighted by molar-refractivity contribution is 9.10. The number of alkyl carbamates (subject to hydrolysis) is 1. The van der Waals surface area contributed by atoms with Gasteiger partial charge in [0.05, 0.1) is 0 Å². The van der Waals surface area contributed by atoms with Crippen LogP contribution in [0.3, 0.4) is 0 Å². The molecule has 0 heterocycles. The zero-order valence-corrected chi connectivity index (χ0v) is 15.3. The van der Waals surface area contributed by atoms with E-state index < -0.39 is 6.09 Å². The van der Waals surface area contributed by atoms with Crippen molar-refractivity contribution in [2.75, 3.05) is 0 Å². The van der Waals surface area contributed by atoms with Gasteiger partial charge in [-0.15, -0.1) is 0 Å². The van der Waals surface area contributed by atoms with Crippen molar-refractivity contribution in [2.24, 2.45) is 0 Å². The molecule has 0 aliphatic heterocycles. The zero-order chi connectivity index (χ0) is 16.9. The van der Waals surface area contributed by atoms with Gasteiger partial charge in [0.2, 0.25) is 0 Å². The predicted octanol–water partition coefficient (Wildman–Crippen LogP) is 5.26. The van der Waals surface area contributed by atoms with Crippen molar-refractivity contribution in [2.45, 2.75) is 38.8 Å². The van der Waals surface area contributed by atoms with Gasteiger partial charge in [0.25, 0.3) is 0 Å². The number of ether oxygens (including phenoxy) is 1. The summed E-state index contributed by atoms with van der Waals surface area (Å²) < 4.78 is 6.67. The van der Waals surface area contributed by atoms with Crippen molar-refractivity contribution in [1.29, 1.82) is 0 Å². The van der Waals surface area contributed by atoms with E-state index in [0.29, 0.717) is 6.42 Å². The first-order valence-corrected chi connectivity index (χ1v) is 8.41. The third-order valence-electron chi connectivity index (χ3n) is 3.21. The van der Waals surface area contributed by atoms with Crippen molar-refractivity contribution in [3.05, 3.63) is 70.2 Å². The monoisotopic (exact) mass is 375 g/mol. The number of nitrogens with one attached hydrogen (secondary N) is 1. The van der Waals surface area contributed by atoms with Gasteiger partial charge in [-0.05, 0) is 44.0 Å². The van der Waals surface area contributed by atoms with E-state index >= 15 is 0 Å². The number of benzene rings is 2. The van der Waals surface area contributed by atoms with Gasteiger partial charge in [-0.3, -0.25) is 0 Å². The highest BCUT2D eigenvalue weighted by Crippen LogP contribution is 2.25. The van der Waals surface area contributed by atoms with E-state index in [-0.39, 0.29) is 11.6 Å². The van der Waals surface area contributed by atoms with Gasteiger partial charge < -0.3 is 10.1 Å². The first kappa shape index (κ1) is 17.5. The molecular formula is C19H22BrNO2. The average Bonchev–Trinajstić information content (AvgIpc) is 2.45. The van der Waals surface area contributed by atoms with E-state index in [1.807, 2.05) is 75.4 Å². The highest BCUT2D eigenvalue weighted by Gasteiger charge is 2.21. The van der Waals surface area contributed by atoms with Crippen LogP contribution in [-0.4, -0.2) is 11.6 Å². The second-order valence-electron chi connectivity index (χ2n) is 6.51. The minimum absolute atomic E-state index is 0.328. The summed E-state index contributed by atoms with van der Waals surface area (Å²) in [4.78, 5) is 12.2. The molecule has 3 nitrogen and oxygen atoms in total. The Kier molecular flexibility index (Phi) is 5.83. The second-order valence-corrected chi connectivity index (χ2v) is 7.43. The number of amides is 1. The maximum Gasteiger partial charge on any atom is 0.408 e. The fraction of sp³-hybridized carbons (Fsp3) is 0.316. The van der Waals surface area contributed by atoms with Crippen LogP contribution in [0.1, 0.15) is 38.0 Å². The van der Waals surface area contributed by atoms with Gasteiger partial charge in [-0.1, -0.05) is 58.4 Å². The standard InChI is InChI=1S/C19H22BrNO2/c1-19(2,3)21-18(22)23-17(12-14-8-5-4-6-9-14)15-10-7-11-16(20)13-15/h4-11,13,17H,12H2,1-3H3,(H,21,22). The quantitative estimate of drug-likeness (QED) is 0.791. The van der Waals surface area contributed by atoms with Crippen LogP contribution >= 0.6 is 15.9 Å². The van der Waals surface area contributed by atoms with Crippen molar-refractivity contribution >= 4 is 22.0 Å². The molecule has 0 spiro atoms. The van der Waals surface area contributed by atoms with Crippen molar-refractivity contribution in [3.63, 3.8) is 0 Å². The van der Waals surface area contributed by atoms with Crippen LogP contribution in [0.5, 0.6) is 0 Å². The van der Waals surface area contributed by atoms with Gasteiger partial charge in [0.15, 0.2) is 0 Å². The molecule has 0 aliphatic carbocycles. The molecule has 2 aromatic carbocycles. The SMILES string of the molecule is CC(C)(C)NC(=O)OC(Cc1ccccc1)c1cccc(Br)c1. The van der Waals surface area contributed by atoms with Gasteiger partial charge >= 0.3 is 6.09 Å². The third-order valence-corrected chi connectivity index (χ3v) is 3.70. The van der Waals surface area contributed by atoms with Gasteiger partial charge in [0, 0.05) is 16.4 Å². The maximum absolute atomic E-state index is 12.2.